The highest BCUT2D eigenvalue weighted by Crippen LogP contribution is 2.16. The molecule has 0 N–H and O–H groups in total. The van der Waals surface area contributed by atoms with Crippen molar-refractivity contribution in [1.82, 2.24) is 19.9 Å². The Morgan fingerprint density at radius 1 is 1.24 bits per heavy atom. The molecule has 6 nitrogen and oxygen atoms in total. The third-order valence-electron chi connectivity index (χ3n) is 2.42. The first-order valence-electron chi connectivity index (χ1n) is 5.04. The average Bonchev–Trinajstić information content (AvgIpc) is 2.67. The van der Waals surface area contributed by atoms with Gasteiger partial charge in [0.2, 0.25) is 0 Å². The standard InChI is InChI=1S/C11H8N4O2/c1-7-9-10(12-11(16)17-14-9)15(13-7)8-5-3-2-4-6-8/h2-6H,1H3. The van der Waals surface area contributed by atoms with Crippen molar-refractivity contribution in [2.24, 2.45) is 0 Å². The molecular weight excluding hydrogens is 220 g/mol. The quantitative estimate of drug-likeness (QED) is 0.623. The first kappa shape index (κ1) is 9.71. The average molecular weight is 228 g/mol. The molecule has 0 fully saturated rings. The van der Waals surface area contributed by atoms with Gasteiger partial charge in [0.05, 0.1) is 11.4 Å². The monoisotopic (exact) mass is 228 g/mol. The van der Waals surface area contributed by atoms with E-state index in [9.17, 15) is 4.79 Å². The minimum atomic E-state index is -0.727. The largest absolute Gasteiger partial charge is 0.461 e. The number of aryl methyl sites for hydroxylation is 1. The molecule has 0 saturated carbocycles. The molecule has 0 amide bonds. The third-order valence-corrected chi connectivity index (χ3v) is 2.42. The molecular formula is C11H8N4O2. The van der Waals surface area contributed by atoms with E-state index in [1.54, 1.807) is 11.6 Å². The van der Waals surface area contributed by atoms with Crippen LogP contribution in [0.2, 0.25) is 0 Å². The second-order valence-electron chi connectivity index (χ2n) is 3.57. The second kappa shape index (κ2) is 3.51. The number of benzene rings is 1. The van der Waals surface area contributed by atoms with Crippen LogP contribution >= 0.6 is 0 Å². The Kier molecular flexibility index (Phi) is 2.01. The molecule has 17 heavy (non-hydrogen) atoms. The molecule has 0 atom stereocenters. The van der Waals surface area contributed by atoms with E-state index in [4.69, 9.17) is 0 Å². The van der Waals surface area contributed by atoms with E-state index in [1.165, 1.54) is 0 Å². The lowest BCUT2D eigenvalue weighted by atomic mass is 10.3. The van der Waals surface area contributed by atoms with Crippen LogP contribution in [0, 0.1) is 6.92 Å². The van der Waals surface area contributed by atoms with Crippen LogP contribution in [-0.2, 0) is 0 Å². The molecule has 84 valence electrons. The lowest BCUT2D eigenvalue weighted by molar-refractivity contribution is 0.363. The number of nitrogens with zero attached hydrogens (tertiary/aromatic N) is 4. The molecule has 2 aromatic heterocycles. The summed E-state index contributed by atoms with van der Waals surface area (Å²) in [5, 5.41) is 7.99. The fourth-order valence-electron chi connectivity index (χ4n) is 1.65. The summed E-state index contributed by atoms with van der Waals surface area (Å²) in [5.41, 5.74) is 2.39. The van der Waals surface area contributed by atoms with E-state index in [2.05, 4.69) is 19.8 Å². The highest BCUT2D eigenvalue weighted by atomic mass is 16.5. The summed E-state index contributed by atoms with van der Waals surface area (Å²) < 4.78 is 6.08. The van der Waals surface area contributed by atoms with Crippen LogP contribution in [0.25, 0.3) is 16.9 Å². The summed E-state index contributed by atoms with van der Waals surface area (Å²) >= 11 is 0. The molecule has 0 bridgehead atoms. The van der Waals surface area contributed by atoms with Crippen LogP contribution in [0.15, 0.2) is 39.6 Å². The van der Waals surface area contributed by atoms with Gasteiger partial charge >= 0.3 is 5.76 Å². The van der Waals surface area contributed by atoms with Crippen LogP contribution < -0.4 is 5.76 Å². The molecule has 3 aromatic rings. The molecule has 0 spiro atoms. The molecule has 0 radical (unpaired) electrons. The molecule has 0 aliphatic heterocycles. The molecule has 0 aliphatic carbocycles. The zero-order valence-electron chi connectivity index (χ0n) is 8.99. The van der Waals surface area contributed by atoms with Crippen LogP contribution in [0.4, 0.5) is 0 Å². The van der Waals surface area contributed by atoms with E-state index in [0.29, 0.717) is 16.9 Å². The molecule has 3 rings (SSSR count). The van der Waals surface area contributed by atoms with E-state index in [-0.39, 0.29) is 0 Å². The van der Waals surface area contributed by atoms with Crippen molar-refractivity contribution in [2.45, 2.75) is 6.92 Å². The van der Waals surface area contributed by atoms with Gasteiger partial charge in [-0.05, 0) is 19.1 Å². The summed E-state index contributed by atoms with van der Waals surface area (Å²) in [4.78, 5) is 14.9. The van der Waals surface area contributed by atoms with Gasteiger partial charge in [-0.15, -0.1) is 0 Å². The zero-order valence-corrected chi connectivity index (χ0v) is 8.99. The van der Waals surface area contributed by atoms with Gasteiger partial charge in [-0.2, -0.15) is 10.1 Å². The lowest BCUT2D eigenvalue weighted by Crippen LogP contribution is -2.07. The SMILES string of the molecule is Cc1nn(-c2ccccc2)c2nc(=O)onc12. The van der Waals surface area contributed by atoms with Crippen molar-refractivity contribution in [1.29, 1.82) is 0 Å². The normalized spacial score (nSPS) is 10.9. The molecule has 0 unspecified atom stereocenters. The summed E-state index contributed by atoms with van der Waals surface area (Å²) in [6.07, 6.45) is 0. The Morgan fingerprint density at radius 3 is 2.76 bits per heavy atom. The summed E-state index contributed by atoms with van der Waals surface area (Å²) in [5.74, 6) is -0.727. The predicted octanol–water partition coefficient (Wildman–Crippen LogP) is 1.08. The Bertz CT molecular complexity index is 730. The number of rotatable bonds is 1. The van der Waals surface area contributed by atoms with Gasteiger partial charge in [0, 0.05) is 0 Å². The summed E-state index contributed by atoms with van der Waals surface area (Å²) in [7, 11) is 0. The van der Waals surface area contributed by atoms with Crippen LogP contribution in [0.5, 0.6) is 0 Å². The molecule has 0 saturated heterocycles. The summed E-state index contributed by atoms with van der Waals surface area (Å²) in [6, 6.07) is 9.43. The lowest BCUT2D eigenvalue weighted by Gasteiger charge is -2.00. The maximum Gasteiger partial charge on any atom is 0.461 e. The Morgan fingerprint density at radius 2 is 2.00 bits per heavy atom. The minimum absolute atomic E-state index is 0.407. The van der Waals surface area contributed by atoms with Crippen molar-refractivity contribution in [3.05, 3.63) is 46.6 Å². The third kappa shape index (κ3) is 1.50. The van der Waals surface area contributed by atoms with Gasteiger partial charge in [-0.3, -0.25) is 4.52 Å². The van der Waals surface area contributed by atoms with Crippen LogP contribution in [0.3, 0.4) is 0 Å². The van der Waals surface area contributed by atoms with Crippen molar-refractivity contribution >= 4 is 11.2 Å². The van der Waals surface area contributed by atoms with Crippen molar-refractivity contribution in [3.8, 4) is 5.69 Å². The maximum atomic E-state index is 11.1. The fraction of sp³-hybridized carbons (Fsp3) is 0.0909. The first-order chi connectivity index (χ1) is 8.25. The Balaban J connectivity index is 2.38. The van der Waals surface area contributed by atoms with Gasteiger partial charge in [0.25, 0.3) is 0 Å². The van der Waals surface area contributed by atoms with E-state index < -0.39 is 5.76 Å². The van der Waals surface area contributed by atoms with Gasteiger partial charge in [-0.25, -0.2) is 9.48 Å². The zero-order chi connectivity index (χ0) is 11.8. The topological polar surface area (TPSA) is 73.8 Å². The van der Waals surface area contributed by atoms with Crippen LogP contribution in [-0.4, -0.2) is 19.9 Å². The Labute approximate surface area is 95.5 Å². The highest BCUT2D eigenvalue weighted by Gasteiger charge is 2.12. The number of para-hydroxylation sites is 1. The van der Waals surface area contributed by atoms with Crippen molar-refractivity contribution in [2.75, 3.05) is 0 Å². The van der Waals surface area contributed by atoms with E-state index in [0.717, 1.165) is 5.69 Å². The van der Waals surface area contributed by atoms with Crippen LogP contribution in [0.1, 0.15) is 5.69 Å². The molecule has 0 aliphatic rings. The van der Waals surface area contributed by atoms with Gasteiger partial charge in [0.1, 0.15) is 0 Å². The first-order valence-corrected chi connectivity index (χ1v) is 5.04. The number of aromatic nitrogens is 4. The molecule has 1 aromatic carbocycles. The number of hydrogen-bond donors (Lipinski definition) is 0. The number of fused-ring (bicyclic) bond motifs is 1. The second-order valence-corrected chi connectivity index (χ2v) is 3.57. The smallest absolute Gasteiger partial charge is 0.296 e. The predicted molar refractivity (Wildman–Crippen MR) is 59.9 cm³/mol. The van der Waals surface area contributed by atoms with Gasteiger partial charge < -0.3 is 0 Å². The minimum Gasteiger partial charge on any atom is -0.296 e. The molecule has 6 heteroatoms. The fourth-order valence-corrected chi connectivity index (χ4v) is 1.65. The van der Waals surface area contributed by atoms with Gasteiger partial charge in [0.15, 0.2) is 11.2 Å². The number of hydrogen-bond acceptors (Lipinski definition) is 5. The van der Waals surface area contributed by atoms with E-state index >= 15 is 0 Å². The van der Waals surface area contributed by atoms with Crippen molar-refractivity contribution in [3.63, 3.8) is 0 Å². The van der Waals surface area contributed by atoms with E-state index in [1.807, 2.05) is 30.3 Å². The van der Waals surface area contributed by atoms with Crippen molar-refractivity contribution < 1.29 is 4.52 Å². The maximum absolute atomic E-state index is 11.1. The Hall–Kier alpha value is -2.50. The molecule has 2 heterocycles. The van der Waals surface area contributed by atoms with Gasteiger partial charge in [-0.1, -0.05) is 23.4 Å². The summed E-state index contributed by atoms with van der Waals surface area (Å²) in [6.45, 7) is 1.79. The highest BCUT2D eigenvalue weighted by molar-refractivity contribution is 5.73.